The molecule has 0 bridgehead atoms. The van der Waals surface area contributed by atoms with Crippen LogP contribution in [0.4, 0.5) is 0 Å². The van der Waals surface area contributed by atoms with Gasteiger partial charge in [0.2, 0.25) is 0 Å². The maximum atomic E-state index is 5.41. The summed E-state index contributed by atoms with van der Waals surface area (Å²) in [6, 6.07) is 6.25. The van der Waals surface area contributed by atoms with Crippen LogP contribution >= 0.6 is 0 Å². The van der Waals surface area contributed by atoms with Crippen molar-refractivity contribution in [2.45, 2.75) is 19.9 Å². The molecule has 0 aliphatic rings. The van der Waals surface area contributed by atoms with E-state index in [1.165, 1.54) is 5.56 Å². The molecule has 0 spiro atoms. The largest absolute Gasteiger partial charge is 0.496 e. The third-order valence-corrected chi connectivity index (χ3v) is 2.93. The molecule has 96 valence electrons. The fraction of sp³-hybridized carbons (Fsp3) is 0.357. The second kappa shape index (κ2) is 5.69. The van der Waals surface area contributed by atoms with E-state index >= 15 is 0 Å². The van der Waals surface area contributed by atoms with Gasteiger partial charge in [0.15, 0.2) is 0 Å². The monoisotopic (exact) mass is 245 g/mol. The molecule has 0 radical (unpaired) electrons. The summed E-state index contributed by atoms with van der Waals surface area (Å²) in [4.78, 5) is 7.64. The number of aromatic nitrogens is 2. The van der Waals surface area contributed by atoms with E-state index in [0.717, 1.165) is 35.8 Å². The molecule has 0 atom stereocenters. The van der Waals surface area contributed by atoms with E-state index < -0.39 is 0 Å². The number of H-pyrrole nitrogens is 1. The van der Waals surface area contributed by atoms with Crippen LogP contribution in [0.5, 0.6) is 5.75 Å². The van der Waals surface area contributed by atoms with Crippen molar-refractivity contribution in [1.29, 1.82) is 0 Å². The molecule has 18 heavy (non-hydrogen) atoms. The Hall–Kier alpha value is -1.81. The number of imidazole rings is 1. The minimum Gasteiger partial charge on any atom is -0.496 e. The number of rotatable bonds is 5. The first-order valence-corrected chi connectivity index (χ1v) is 6.14. The van der Waals surface area contributed by atoms with Crippen LogP contribution in [-0.4, -0.2) is 24.1 Å². The van der Waals surface area contributed by atoms with E-state index in [1.807, 2.05) is 19.3 Å². The van der Waals surface area contributed by atoms with Gasteiger partial charge in [-0.3, -0.25) is 0 Å². The van der Waals surface area contributed by atoms with Gasteiger partial charge < -0.3 is 15.0 Å². The van der Waals surface area contributed by atoms with Gasteiger partial charge in [-0.25, -0.2) is 4.98 Å². The van der Waals surface area contributed by atoms with Crippen LogP contribution in [0.15, 0.2) is 24.4 Å². The minimum atomic E-state index is 0.732. The number of aromatic amines is 1. The molecule has 4 heteroatoms. The summed E-state index contributed by atoms with van der Waals surface area (Å²) in [5.74, 6) is 1.79. The lowest BCUT2D eigenvalue weighted by atomic mass is 10.1. The SMILES string of the molecule is CCc1ccc(OC)c(-c2cnc(CNC)[nH]2)c1. The standard InChI is InChI=1S/C14H19N3O/c1-4-10-5-6-13(18-3)11(7-10)12-8-16-14(17-12)9-15-2/h5-8,15H,4,9H2,1-3H3,(H,16,17). The summed E-state index contributed by atoms with van der Waals surface area (Å²) in [7, 11) is 3.59. The van der Waals surface area contributed by atoms with Crippen molar-refractivity contribution in [2.24, 2.45) is 0 Å². The zero-order chi connectivity index (χ0) is 13.0. The van der Waals surface area contributed by atoms with E-state index in [9.17, 15) is 0 Å². The first-order chi connectivity index (χ1) is 8.78. The Bertz CT molecular complexity index is 520. The molecule has 4 nitrogen and oxygen atoms in total. The molecule has 2 N–H and O–H groups in total. The number of nitrogens with zero attached hydrogens (tertiary/aromatic N) is 1. The Balaban J connectivity index is 2.40. The van der Waals surface area contributed by atoms with Crippen molar-refractivity contribution in [3.63, 3.8) is 0 Å². The number of benzene rings is 1. The molecule has 0 aliphatic heterocycles. The summed E-state index contributed by atoms with van der Waals surface area (Å²) in [6.45, 7) is 2.88. The van der Waals surface area contributed by atoms with Crippen molar-refractivity contribution < 1.29 is 4.74 Å². The van der Waals surface area contributed by atoms with E-state index in [0.29, 0.717) is 0 Å². The Kier molecular flexibility index (Phi) is 3.99. The summed E-state index contributed by atoms with van der Waals surface area (Å²) >= 11 is 0. The van der Waals surface area contributed by atoms with E-state index in [4.69, 9.17) is 4.74 Å². The minimum absolute atomic E-state index is 0.732. The number of methoxy groups -OCH3 is 1. The fourth-order valence-electron chi connectivity index (χ4n) is 1.94. The van der Waals surface area contributed by atoms with Crippen LogP contribution in [0.1, 0.15) is 18.3 Å². The van der Waals surface area contributed by atoms with Gasteiger partial charge in [0, 0.05) is 5.56 Å². The number of aryl methyl sites for hydroxylation is 1. The first-order valence-electron chi connectivity index (χ1n) is 6.14. The predicted molar refractivity (Wildman–Crippen MR) is 72.7 cm³/mol. The zero-order valence-corrected chi connectivity index (χ0v) is 11.1. The fourth-order valence-corrected chi connectivity index (χ4v) is 1.94. The molecule has 0 amide bonds. The van der Waals surface area contributed by atoms with Gasteiger partial charge in [0.25, 0.3) is 0 Å². The van der Waals surface area contributed by atoms with Crippen molar-refractivity contribution in [3.05, 3.63) is 35.8 Å². The van der Waals surface area contributed by atoms with E-state index in [1.54, 1.807) is 7.11 Å². The lowest BCUT2D eigenvalue weighted by Gasteiger charge is -2.08. The highest BCUT2D eigenvalue weighted by molar-refractivity contribution is 5.67. The average molecular weight is 245 g/mol. The molecule has 0 saturated carbocycles. The number of hydrogen-bond donors (Lipinski definition) is 2. The van der Waals surface area contributed by atoms with Crippen LogP contribution in [-0.2, 0) is 13.0 Å². The molecule has 1 aromatic carbocycles. The van der Waals surface area contributed by atoms with Crippen molar-refractivity contribution in [3.8, 4) is 17.0 Å². The third kappa shape index (κ3) is 2.54. The highest BCUT2D eigenvalue weighted by Gasteiger charge is 2.09. The smallest absolute Gasteiger partial charge is 0.128 e. The van der Waals surface area contributed by atoms with Crippen molar-refractivity contribution >= 4 is 0 Å². The Morgan fingerprint density at radius 3 is 2.89 bits per heavy atom. The maximum Gasteiger partial charge on any atom is 0.128 e. The number of hydrogen-bond acceptors (Lipinski definition) is 3. The summed E-state index contributed by atoms with van der Waals surface area (Å²) in [5, 5.41) is 3.07. The van der Waals surface area contributed by atoms with Crippen LogP contribution in [0.25, 0.3) is 11.3 Å². The second-order valence-electron chi connectivity index (χ2n) is 4.16. The molecule has 1 aromatic heterocycles. The van der Waals surface area contributed by atoms with Gasteiger partial charge in [-0.2, -0.15) is 0 Å². The van der Waals surface area contributed by atoms with Crippen LogP contribution in [0, 0.1) is 0 Å². The van der Waals surface area contributed by atoms with E-state index in [2.05, 4.69) is 34.3 Å². The lowest BCUT2D eigenvalue weighted by Crippen LogP contribution is -2.06. The zero-order valence-electron chi connectivity index (χ0n) is 11.1. The normalized spacial score (nSPS) is 10.6. The Morgan fingerprint density at radius 1 is 1.39 bits per heavy atom. The lowest BCUT2D eigenvalue weighted by molar-refractivity contribution is 0.416. The predicted octanol–water partition coefficient (Wildman–Crippen LogP) is 2.37. The average Bonchev–Trinajstić information content (AvgIpc) is 2.87. The number of nitrogens with one attached hydrogen (secondary N) is 2. The van der Waals surface area contributed by atoms with Crippen molar-refractivity contribution in [2.75, 3.05) is 14.2 Å². The van der Waals surface area contributed by atoms with Gasteiger partial charge in [0.1, 0.15) is 11.6 Å². The van der Waals surface area contributed by atoms with Gasteiger partial charge in [-0.05, 0) is 31.2 Å². The number of ether oxygens (including phenoxy) is 1. The second-order valence-corrected chi connectivity index (χ2v) is 4.16. The molecular weight excluding hydrogens is 226 g/mol. The van der Waals surface area contributed by atoms with Gasteiger partial charge in [-0.1, -0.05) is 13.0 Å². The molecule has 0 saturated heterocycles. The van der Waals surface area contributed by atoms with Crippen LogP contribution in [0.2, 0.25) is 0 Å². The van der Waals surface area contributed by atoms with E-state index in [-0.39, 0.29) is 0 Å². The molecule has 2 aromatic rings. The molecular formula is C14H19N3O. The Labute approximate surface area is 107 Å². The summed E-state index contributed by atoms with van der Waals surface area (Å²) in [5.41, 5.74) is 3.34. The van der Waals surface area contributed by atoms with Crippen LogP contribution in [0.3, 0.4) is 0 Å². The highest BCUT2D eigenvalue weighted by Crippen LogP contribution is 2.29. The molecule has 1 heterocycles. The van der Waals surface area contributed by atoms with Gasteiger partial charge in [0.05, 0.1) is 25.5 Å². The highest BCUT2D eigenvalue weighted by atomic mass is 16.5. The molecule has 2 rings (SSSR count). The summed E-state index contributed by atoms with van der Waals surface area (Å²) in [6.07, 6.45) is 2.86. The maximum absolute atomic E-state index is 5.41. The van der Waals surface area contributed by atoms with Gasteiger partial charge in [-0.15, -0.1) is 0 Å². The molecule has 0 unspecified atom stereocenters. The molecule has 0 fully saturated rings. The Morgan fingerprint density at radius 2 is 2.22 bits per heavy atom. The molecule has 0 aliphatic carbocycles. The quantitative estimate of drug-likeness (QED) is 0.850. The third-order valence-electron chi connectivity index (χ3n) is 2.93. The summed E-state index contributed by atoms with van der Waals surface area (Å²) < 4.78 is 5.41. The van der Waals surface area contributed by atoms with Gasteiger partial charge >= 0.3 is 0 Å². The van der Waals surface area contributed by atoms with Crippen LogP contribution < -0.4 is 10.1 Å². The van der Waals surface area contributed by atoms with Crippen molar-refractivity contribution in [1.82, 2.24) is 15.3 Å². The first kappa shape index (κ1) is 12.6. The topological polar surface area (TPSA) is 49.9 Å².